The number of hydrogen-bond acceptors (Lipinski definition) is 4. The number of nitrogen functional groups attached to an aromatic ring is 1. The normalized spacial score (nSPS) is 19.8. The Morgan fingerprint density at radius 1 is 1.56 bits per heavy atom. The summed E-state index contributed by atoms with van der Waals surface area (Å²) >= 11 is 0. The molecular formula is C11H14N2O3. The van der Waals surface area contributed by atoms with E-state index in [0.29, 0.717) is 18.0 Å². The first kappa shape index (κ1) is 10.6. The number of benzene rings is 1. The second-order valence-corrected chi connectivity index (χ2v) is 3.75. The van der Waals surface area contributed by atoms with Gasteiger partial charge in [0, 0.05) is 7.05 Å². The van der Waals surface area contributed by atoms with Crippen LogP contribution in [0.5, 0.6) is 5.75 Å². The molecule has 1 aromatic rings. The number of hydrogen-bond donors (Lipinski definition) is 1. The van der Waals surface area contributed by atoms with Crippen molar-refractivity contribution in [2.24, 2.45) is 0 Å². The molecule has 1 aliphatic rings. The van der Waals surface area contributed by atoms with Crippen LogP contribution in [0.3, 0.4) is 0 Å². The Morgan fingerprint density at radius 3 is 2.81 bits per heavy atom. The van der Waals surface area contributed by atoms with Crippen molar-refractivity contribution >= 4 is 11.8 Å². The number of ether oxygens (including phenoxy) is 2. The highest BCUT2D eigenvalue weighted by molar-refractivity contribution is 5.70. The van der Waals surface area contributed by atoms with Crippen LogP contribution in [-0.4, -0.2) is 31.7 Å². The molecule has 0 saturated carbocycles. The number of anilines is 1. The second-order valence-electron chi connectivity index (χ2n) is 3.75. The summed E-state index contributed by atoms with van der Waals surface area (Å²) in [5.74, 6) is 0.626. The van der Waals surface area contributed by atoms with Gasteiger partial charge in [-0.25, -0.2) is 4.79 Å². The number of amides is 1. The third kappa shape index (κ3) is 1.76. The first-order chi connectivity index (χ1) is 7.61. The molecule has 1 saturated heterocycles. The van der Waals surface area contributed by atoms with E-state index >= 15 is 0 Å². The van der Waals surface area contributed by atoms with Gasteiger partial charge in [0.25, 0.3) is 0 Å². The number of nitrogens with two attached hydrogens (primary N) is 1. The van der Waals surface area contributed by atoms with Gasteiger partial charge in [0.1, 0.15) is 11.9 Å². The molecule has 1 aromatic carbocycles. The molecule has 2 rings (SSSR count). The standard InChI is InChI=1S/C11H14N2O3/c1-13-6-10(16-11(13)14)7-3-4-9(15-2)8(12)5-7/h3-5,10H,6,12H2,1-2H3. The molecule has 0 aromatic heterocycles. The highest BCUT2D eigenvalue weighted by Gasteiger charge is 2.29. The first-order valence-corrected chi connectivity index (χ1v) is 4.97. The zero-order valence-electron chi connectivity index (χ0n) is 9.27. The summed E-state index contributed by atoms with van der Waals surface area (Å²) in [6.45, 7) is 0.546. The van der Waals surface area contributed by atoms with E-state index in [0.717, 1.165) is 5.56 Å². The number of likely N-dealkylation sites (N-methyl/N-ethyl adjacent to an activating group) is 1. The Bertz CT molecular complexity index is 420. The number of carbonyl (C=O) groups excluding carboxylic acids is 1. The molecule has 1 fully saturated rings. The van der Waals surface area contributed by atoms with Crippen LogP contribution >= 0.6 is 0 Å². The van der Waals surface area contributed by atoms with Crippen molar-refractivity contribution in [3.8, 4) is 5.75 Å². The van der Waals surface area contributed by atoms with E-state index in [2.05, 4.69) is 0 Å². The third-order valence-electron chi connectivity index (χ3n) is 2.62. The molecule has 1 unspecified atom stereocenters. The fourth-order valence-corrected chi connectivity index (χ4v) is 1.70. The maximum Gasteiger partial charge on any atom is 0.410 e. The van der Waals surface area contributed by atoms with Gasteiger partial charge in [-0.05, 0) is 17.7 Å². The smallest absolute Gasteiger partial charge is 0.410 e. The van der Waals surface area contributed by atoms with Crippen molar-refractivity contribution in [3.63, 3.8) is 0 Å². The van der Waals surface area contributed by atoms with Crippen molar-refractivity contribution in [3.05, 3.63) is 23.8 Å². The van der Waals surface area contributed by atoms with Gasteiger partial charge in [0.2, 0.25) is 0 Å². The average molecular weight is 222 g/mol. The fourth-order valence-electron chi connectivity index (χ4n) is 1.70. The Labute approximate surface area is 93.7 Å². The van der Waals surface area contributed by atoms with Crippen LogP contribution < -0.4 is 10.5 Å². The molecule has 0 aliphatic carbocycles. The second kappa shape index (κ2) is 3.92. The number of rotatable bonds is 2. The van der Waals surface area contributed by atoms with Gasteiger partial charge in [-0.1, -0.05) is 6.07 Å². The zero-order chi connectivity index (χ0) is 11.7. The van der Waals surface area contributed by atoms with E-state index in [1.807, 2.05) is 6.07 Å². The number of methoxy groups -OCH3 is 1. The lowest BCUT2D eigenvalue weighted by Crippen LogP contribution is -2.17. The Balaban J connectivity index is 2.22. The van der Waals surface area contributed by atoms with Gasteiger partial charge in [-0.2, -0.15) is 0 Å². The van der Waals surface area contributed by atoms with E-state index in [-0.39, 0.29) is 12.2 Å². The zero-order valence-corrected chi connectivity index (χ0v) is 9.27. The maximum absolute atomic E-state index is 11.2. The molecule has 5 nitrogen and oxygen atoms in total. The van der Waals surface area contributed by atoms with Gasteiger partial charge in [0.05, 0.1) is 19.3 Å². The molecule has 1 aliphatic heterocycles. The minimum atomic E-state index is -0.306. The SMILES string of the molecule is COc1ccc(C2CN(C)C(=O)O2)cc1N. The van der Waals surface area contributed by atoms with Crippen molar-refractivity contribution < 1.29 is 14.3 Å². The van der Waals surface area contributed by atoms with Gasteiger partial charge >= 0.3 is 6.09 Å². The third-order valence-corrected chi connectivity index (χ3v) is 2.62. The van der Waals surface area contributed by atoms with Crippen LogP contribution in [0.2, 0.25) is 0 Å². The summed E-state index contributed by atoms with van der Waals surface area (Å²) in [6.07, 6.45) is -0.551. The predicted octanol–water partition coefficient (Wildman–Crippen LogP) is 1.40. The lowest BCUT2D eigenvalue weighted by Gasteiger charge is -2.11. The number of nitrogens with zero attached hydrogens (tertiary/aromatic N) is 1. The van der Waals surface area contributed by atoms with Crippen LogP contribution in [0.15, 0.2) is 18.2 Å². The van der Waals surface area contributed by atoms with Crippen LogP contribution in [0.4, 0.5) is 10.5 Å². The average Bonchev–Trinajstić information content (AvgIpc) is 2.59. The topological polar surface area (TPSA) is 64.8 Å². The summed E-state index contributed by atoms with van der Waals surface area (Å²) in [5.41, 5.74) is 7.22. The lowest BCUT2D eigenvalue weighted by atomic mass is 10.1. The molecule has 1 amide bonds. The molecule has 2 N–H and O–H groups in total. The van der Waals surface area contributed by atoms with Crippen LogP contribution in [-0.2, 0) is 4.74 Å². The molecular weight excluding hydrogens is 208 g/mol. The van der Waals surface area contributed by atoms with E-state index < -0.39 is 0 Å². The van der Waals surface area contributed by atoms with E-state index in [9.17, 15) is 4.79 Å². The van der Waals surface area contributed by atoms with Crippen LogP contribution in [0.25, 0.3) is 0 Å². The molecule has 16 heavy (non-hydrogen) atoms. The molecule has 0 radical (unpaired) electrons. The van der Waals surface area contributed by atoms with E-state index in [1.54, 1.807) is 26.3 Å². The largest absolute Gasteiger partial charge is 0.495 e. The monoisotopic (exact) mass is 222 g/mol. The molecule has 1 heterocycles. The first-order valence-electron chi connectivity index (χ1n) is 4.97. The predicted molar refractivity (Wildman–Crippen MR) is 59.3 cm³/mol. The quantitative estimate of drug-likeness (QED) is 0.768. The Hall–Kier alpha value is -1.91. The highest BCUT2D eigenvalue weighted by atomic mass is 16.6. The van der Waals surface area contributed by atoms with Crippen molar-refractivity contribution in [2.75, 3.05) is 26.4 Å². The van der Waals surface area contributed by atoms with E-state index in [4.69, 9.17) is 15.2 Å². The maximum atomic E-state index is 11.2. The van der Waals surface area contributed by atoms with E-state index in [1.165, 1.54) is 4.90 Å². The van der Waals surface area contributed by atoms with Crippen molar-refractivity contribution in [2.45, 2.75) is 6.10 Å². The van der Waals surface area contributed by atoms with Gasteiger partial charge < -0.3 is 20.1 Å². The minimum absolute atomic E-state index is 0.245. The molecule has 0 spiro atoms. The highest BCUT2D eigenvalue weighted by Crippen LogP contribution is 2.30. The van der Waals surface area contributed by atoms with Gasteiger partial charge in [-0.15, -0.1) is 0 Å². The number of cyclic esters (lactones) is 1. The van der Waals surface area contributed by atoms with Gasteiger partial charge in [0.15, 0.2) is 0 Å². The molecule has 5 heteroatoms. The van der Waals surface area contributed by atoms with Crippen molar-refractivity contribution in [1.82, 2.24) is 4.90 Å². The van der Waals surface area contributed by atoms with Crippen LogP contribution in [0.1, 0.15) is 11.7 Å². The summed E-state index contributed by atoms with van der Waals surface area (Å²) in [7, 11) is 3.27. The summed E-state index contributed by atoms with van der Waals surface area (Å²) < 4.78 is 10.2. The summed E-state index contributed by atoms with van der Waals surface area (Å²) in [4.78, 5) is 12.7. The Kier molecular flexibility index (Phi) is 2.60. The molecule has 0 bridgehead atoms. The summed E-state index contributed by atoms with van der Waals surface area (Å²) in [5, 5.41) is 0. The Morgan fingerprint density at radius 2 is 2.31 bits per heavy atom. The molecule has 86 valence electrons. The van der Waals surface area contributed by atoms with Gasteiger partial charge in [-0.3, -0.25) is 0 Å². The molecule has 1 atom stereocenters. The van der Waals surface area contributed by atoms with Crippen molar-refractivity contribution in [1.29, 1.82) is 0 Å². The fraction of sp³-hybridized carbons (Fsp3) is 0.364. The number of carbonyl (C=O) groups is 1. The lowest BCUT2D eigenvalue weighted by molar-refractivity contribution is 0.135. The summed E-state index contributed by atoms with van der Waals surface area (Å²) in [6, 6.07) is 5.40. The minimum Gasteiger partial charge on any atom is -0.495 e. The van der Waals surface area contributed by atoms with Crippen LogP contribution in [0, 0.1) is 0 Å².